The molecule has 0 spiro atoms. The van der Waals surface area contributed by atoms with Gasteiger partial charge in [-0.25, -0.2) is 0 Å². The number of hydrogen-bond donors (Lipinski definition) is 2. The number of carbonyl (C=O) groups is 1. The second kappa shape index (κ2) is 10.2. The molecule has 0 radical (unpaired) electrons. The molecule has 9 heteroatoms. The van der Waals surface area contributed by atoms with Crippen LogP contribution in [0, 0.1) is 0 Å². The van der Waals surface area contributed by atoms with Gasteiger partial charge in [-0.2, -0.15) is 13.2 Å². The van der Waals surface area contributed by atoms with Crippen molar-refractivity contribution in [2.75, 3.05) is 51.2 Å². The second-order valence-electron chi connectivity index (χ2n) is 7.20. The first-order chi connectivity index (χ1) is 13.1. The van der Waals surface area contributed by atoms with Gasteiger partial charge in [0, 0.05) is 32.7 Å². The molecule has 0 aliphatic carbocycles. The van der Waals surface area contributed by atoms with Crippen molar-refractivity contribution >= 4 is 11.6 Å². The van der Waals surface area contributed by atoms with Crippen molar-refractivity contribution in [3.8, 4) is 0 Å². The molecule has 0 aromatic heterocycles. The van der Waals surface area contributed by atoms with Crippen molar-refractivity contribution in [2.24, 2.45) is 0 Å². The number of anilines is 1. The van der Waals surface area contributed by atoms with E-state index in [2.05, 4.69) is 10.2 Å². The molecule has 1 aliphatic rings. The molecular weight excluding hydrogens is 375 g/mol. The van der Waals surface area contributed by atoms with Crippen molar-refractivity contribution < 1.29 is 27.8 Å². The quantitative estimate of drug-likeness (QED) is 0.696. The van der Waals surface area contributed by atoms with Crippen LogP contribution in [0.5, 0.6) is 0 Å². The third kappa shape index (κ3) is 7.38. The zero-order valence-corrected chi connectivity index (χ0v) is 16.2. The number of piperazine rings is 1. The Labute approximate surface area is 163 Å². The molecule has 2 N–H and O–H groups in total. The molecule has 0 saturated carbocycles. The zero-order valence-electron chi connectivity index (χ0n) is 16.2. The minimum Gasteiger partial charge on any atom is -0.389 e. The van der Waals surface area contributed by atoms with E-state index in [4.69, 9.17) is 4.74 Å². The van der Waals surface area contributed by atoms with Gasteiger partial charge in [0.25, 0.3) is 0 Å². The number of aliphatic hydroxyl groups excluding tert-OH is 1. The van der Waals surface area contributed by atoms with Gasteiger partial charge >= 0.3 is 6.18 Å². The van der Waals surface area contributed by atoms with Crippen LogP contribution >= 0.6 is 0 Å². The Morgan fingerprint density at radius 3 is 2.39 bits per heavy atom. The monoisotopic (exact) mass is 403 g/mol. The molecule has 1 heterocycles. The van der Waals surface area contributed by atoms with Crippen LogP contribution in [0.25, 0.3) is 0 Å². The SMILES string of the molecule is CC(C)OCC(O)CN1CCN(CC(=O)Nc2ccccc2C(F)(F)F)CC1. The molecule has 1 atom stereocenters. The van der Waals surface area contributed by atoms with Crippen LogP contribution in [0.2, 0.25) is 0 Å². The van der Waals surface area contributed by atoms with Crippen molar-refractivity contribution in [2.45, 2.75) is 32.2 Å². The molecule has 1 unspecified atom stereocenters. The number of rotatable bonds is 8. The van der Waals surface area contributed by atoms with Gasteiger partial charge in [-0.3, -0.25) is 14.6 Å². The molecule has 6 nitrogen and oxygen atoms in total. The van der Waals surface area contributed by atoms with Gasteiger partial charge in [-0.05, 0) is 26.0 Å². The first kappa shape index (κ1) is 22.6. The number of nitrogens with one attached hydrogen (secondary N) is 1. The van der Waals surface area contributed by atoms with E-state index in [1.807, 2.05) is 18.7 Å². The molecule has 158 valence electrons. The van der Waals surface area contributed by atoms with E-state index in [-0.39, 0.29) is 24.9 Å². The highest BCUT2D eigenvalue weighted by Gasteiger charge is 2.33. The summed E-state index contributed by atoms with van der Waals surface area (Å²) in [7, 11) is 0. The summed E-state index contributed by atoms with van der Waals surface area (Å²) in [5, 5.41) is 12.3. The van der Waals surface area contributed by atoms with Crippen LogP contribution < -0.4 is 5.32 Å². The number of carbonyl (C=O) groups excluding carboxylic acids is 1. The van der Waals surface area contributed by atoms with Gasteiger partial charge < -0.3 is 15.2 Å². The Kier molecular flexibility index (Phi) is 8.23. The Hall–Kier alpha value is -1.68. The van der Waals surface area contributed by atoms with Gasteiger partial charge in [0.1, 0.15) is 0 Å². The molecule has 0 bridgehead atoms. The molecule has 1 saturated heterocycles. The van der Waals surface area contributed by atoms with Crippen molar-refractivity contribution in [1.29, 1.82) is 0 Å². The smallest absolute Gasteiger partial charge is 0.389 e. The van der Waals surface area contributed by atoms with E-state index in [9.17, 15) is 23.1 Å². The topological polar surface area (TPSA) is 65.0 Å². The van der Waals surface area contributed by atoms with Crippen LogP contribution in [-0.4, -0.2) is 78.9 Å². The van der Waals surface area contributed by atoms with Crippen LogP contribution in [0.15, 0.2) is 24.3 Å². The summed E-state index contributed by atoms with van der Waals surface area (Å²) in [4.78, 5) is 16.2. The van der Waals surface area contributed by atoms with Gasteiger partial charge in [-0.1, -0.05) is 12.1 Å². The lowest BCUT2D eigenvalue weighted by atomic mass is 10.1. The number of ether oxygens (including phenoxy) is 1. The summed E-state index contributed by atoms with van der Waals surface area (Å²) < 4.78 is 44.4. The lowest BCUT2D eigenvalue weighted by molar-refractivity contribution is -0.137. The highest BCUT2D eigenvalue weighted by atomic mass is 19.4. The first-order valence-corrected chi connectivity index (χ1v) is 9.35. The van der Waals surface area contributed by atoms with E-state index in [1.54, 1.807) is 0 Å². The Bertz CT molecular complexity index is 632. The van der Waals surface area contributed by atoms with E-state index in [0.29, 0.717) is 32.7 Å². The maximum absolute atomic E-state index is 13.0. The highest BCUT2D eigenvalue weighted by molar-refractivity contribution is 5.93. The third-order valence-corrected chi connectivity index (χ3v) is 4.43. The number of alkyl halides is 3. The van der Waals surface area contributed by atoms with Crippen molar-refractivity contribution in [3.63, 3.8) is 0 Å². The van der Waals surface area contributed by atoms with Crippen LogP contribution in [0.4, 0.5) is 18.9 Å². The van der Waals surface area contributed by atoms with E-state index in [1.165, 1.54) is 18.2 Å². The third-order valence-electron chi connectivity index (χ3n) is 4.43. The molecule has 1 aromatic carbocycles. The Morgan fingerprint density at radius 2 is 1.79 bits per heavy atom. The van der Waals surface area contributed by atoms with Crippen LogP contribution in [0.3, 0.4) is 0 Å². The number of amides is 1. The number of hydrogen-bond acceptors (Lipinski definition) is 5. The van der Waals surface area contributed by atoms with E-state index >= 15 is 0 Å². The zero-order chi connectivity index (χ0) is 20.7. The minimum absolute atomic E-state index is 0.0268. The van der Waals surface area contributed by atoms with Gasteiger partial charge in [-0.15, -0.1) is 0 Å². The number of nitrogens with zero attached hydrogens (tertiary/aromatic N) is 2. The number of para-hydroxylation sites is 1. The summed E-state index contributed by atoms with van der Waals surface area (Å²) in [5.41, 5.74) is -1.09. The molecule has 1 amide bonds. The predicted octanol–water partition coefficient (Wildman–Crippen LogP) is 2.05. The van der Waals surface area contributed by atoms with Crippen molar-refractivity contribution in [1.82, 2.24) is 9.80 Å². The van der Waals surface area contributed by atoms with Crippen LogP contribution in [-0.2, 0) is 15.7 Å². The van der Waals surface area contributed by atoms with Crippen LogP contribution in [0.1, 0.15) is 19.4 Å². The molecular formula is C19H28F3N3O3. The number of aliphatic hydroxyl groups is 1. The minimum atomic E-state index is -4.52. The predicted molar refractivity (Wildman–Crippen MR) is 100 cm³/mol. The van der Waals surface area contributed by atoms with Gasteiger partial charge in [0.05, 0.1) is 36.6 Å². The summed E-state index contributed by atoms with van der Waals surface area (Å²) in [6.45, 7) is 7.16. The molecule has 1 aromatic rings. The largest absolute Gasteiger partial charge is 0.418 e. The standard InChI is InChI=1S/C19H28F3N3O3/c1-14(2)28-13-15(26)11-24-7-9-25(10-8-24)12-18(27)23-17-6-4-3-5-16(17)19(20,21)22/h3-6,14-15,26H,7-13H2,1-2H3,(H,23,27). The normalized spacial score (nSPS) is 17.7. The summed E-state index contributed by atoms with van der Waals surface area (Å²) in [6.07, 6.45) is -5.03. The fraction of sp³-hybridized carbons (Fsp3) is 0.632. The van der Waals surface area contributed by atoms with Crippen molar-refractivity contribution in [3.05, 3.63) is 29.8 Å². The lowest BCUT2D eigenvalue weighted by Crippen LogP contribution is -2.50. The molecule has 28 heavy (non-hydrogen) atoms. The Balaban J connectivity index is 1.77. The second-order valence-corrected chi connectivity index (χ2v) is 7.20. The first-order valence-electron chi connectivity index (χ1n) is 9.35. The van der Waals surface area contributed by atoms with Gasteiger partial charge in [0.15, 0.2) is 0 Å². The van der Waals surface area contributed by atoms with Gasteiger partial charge in [0.2, 0.25) is 5.91 Å². The maximum Gasteiger partial charge on any atom is 0.418 e. The summed E-state index contributed by atoms with van der Waals surface area (Å²) in [6, 6.07) is 4.94. The summed E-state index contributed by atoms with van der Waals surface area (Å²) >= 11 is 0. The average Bonchev–Trinajstić information content (AvgIpc) is 2.61. The number of β-amino-alcohol motifs (C(OH)–C–C–N with tert-alkyl or cyclic N) is 1. The molecule has 1 fully saturated rings. The summed E-state index contributed by atoms with van der Waals surface area (Å²) in [5.74, 6) is -0.476. The molecule has 2 rings (SSSR count). The highest BCUT2D eigenvalue weighted by Crippen LogP contribution is 2.34. The Morgan fingerprint density at radius 1 is 1.18 bits per heavy atom. The maximum atomic E-state index is 13.0. The van der Waals surface area contributed by atoms with E-state index in [0.717, 1.165) is 6.07 Å². The fourth-order valence-corrected chi connectivity index (χ4v) is 3.02. The average molecular weight is 403 g/mol. The number of benzene rings is 1. The number of halogens is 3. The fourth-order valence-electron chi connectivity index (χ4n) is 3.02. The lowest BCUT2D eigenvalue weighted by Gasteiger charge is -2.35. The molecule has 1 aliphatic heterocycles. The van der Waals surface area contributed by atoms with E-state index < -0.39 is 23.8 Å².